The molecule has 4 heterocycles. The second-order valence-corrected chi connectivity index (χ2v) is 12.7. The highest BCUT2D eigenvalue weighted by atomic mass is 32.1. The number of nitrogens with one attached hydrogen (secondary N) is 2. The molecule has 0 aliphatic carbocycles. The molecule has 0 bridgehead atoms. The van der Waals surface area contributed by atoms with Crippen molar-refractivity contribution in [1.82, 2.24) is 20.3 Å². The van der Waals surface area contributed by atoms with Crippen molar-refractivity contribution in [2.24, 2.45) is 0 Å². The Bertz CT molecular complexity index is 1320. The molecule has 13 heteroatoms. The fourth-order valence-corrected chi connectivity index (χ4v) is 6.85. The standard InChI is InChI=1S/C24H29N5O5S3/c1-12-9-16(19(30)28-33)36-17(12)15-11-35-22(26-15)27-20(31)18-13(2)25-21(37-18)14-7-6-8-29(10-14)23(32)34-24(3,4)5/h9,11,14,33H,6-8,10H2,1-5H3,(H,28,30)(H,26,27,31). The molecule has 0 spiro atoms. The van der Waals surface area contributed by atoms with E-state index in [9.17, 15) is 14.4 Å². The second-order valence-electron chi connectivity index (χ2n) is 9.79. The van der Waals surface area contributed by atoms with Gasteiger partial charge < -0.3 is 9.64 Å². The van der Waals surface area contributed by atoms with Crippen LogP contribution in [-0.4, -0.2) is 56.7 Å². The van der Waals surface area contributed by atoms with Gasteiger partial charge >= 0.3 is 6.09 Å². The maximum atomic E-state index is 13.1. The van der Waals surface area contributed by atoms with Gasteiger partial charge in [0.1, 0.15) is 10.5 Å². The topological polar surface area (TPSA) is 134 Å². The van der Waals surface area contributed by atoms with E-state index in [1.54, 1.807) is 23.4 Å². The zero-order valence-electron chi connectivity index (χ0n) is 21.2. The van der Waals surface area contributed by atoms with E-state index in [4.69, 9.17) is 9.94 Å². The largest absolute Gasteiger partial charge is 0.444 e. The van der Waals surface area contributed by atoms with Gasteiger partial charge in [-0.3, -0.25) is 20.1 Å². The van der Waals surface area contributed by atoms with Crippen LogP contribution in [0.2, 0.25) is 0 Å². The highest BCUT2D eigenvalue weighted by Gasteiger charge is 2.31. The summed E-state index contributed by atoms with van der Waals surface area (Å²) in [6.45, 7) is 10.4. The summed E-state index contributed by atoms with van der Waals surface area (Å²) in [5.74, 6) is -0.818. The van der Waals surface area contributed by atoms with Crippen LogP contribution >= 0.6 is 34.0 Å². The number of ether oxygens (including phenoxy) is 1. The first-order valence-electron chi connectivity index (χ1n) is 11.7. The summed E-state index contributed by atoms with van der Waals surface area (Å²) in [4.78, 5) is 49.9. The molecule has 1 aliphatic rings. The molecule has 0 aromatic carbocycles. The summed E-state index contributed by atoms with van der Waals surface area (Å²) in [5, 5.41) is 14.8. The summed E-state index contributed by atoms with van der Waals surface area (Å²) in [6.07, 6.45) is 1.41. The molecule has 3 aromatic rings. The zero-order valence-corrected chi connectivity index (χ0v) is 23.7. The van der Waals surface area contributed by atoms with Gasteiger partial charge in [0.25, 0.3) is 11.8 Å². The normalized spacial score (nSPS) is 15.9. The Balaban J connectivity index is 1.44. The van der Waals surface area contributed by atoms with Crippen molar-refractivity contribution < 1.29 is 24.3 Å². The summed E-state index contributed by atoms with van der Waals surface area (Å²) in [7, 11) is 0. The van der Waals surface area contributed by atoms with Gasteiger partial charge in [0.15, 0.2) is 5.13 Å². The maximum absolute atomic E-state index is 13.1. The van der Waals surface area contributed by atoms with Gasteiger partial charge in [-0.25, -0.2) is 20.2 Å². The smallest absolute Gasteiger partial charge is 0.410 e. The molecule has 3 amide bonds. The number of hydrogen-bond acceptors (Lipinski definition) is 10. The van der Waals surface area contributed by atoms with Gasteiger partial charge in [-0.05, 0) is 59.1 Å². The Morgan fingerprint density at radius 3 is 2.62 bits per heavy atom. The predicted molar refractivity (Wildman–Crippen MR) is 144 cm³/mol. The van der Waals surface area contributed by atoms with Gasteiger partial charge in [0.2, 0.25) is 0 Å². The number of rotatable bonds is 5. The van der Waals surface area contributed by atoms with Crippen molar-refractivity contribution in [2.75, 3.05) is 18.4 Å². The molecular formula is C24H29N5O5S3. The van der Waals surface area contributed by atoms with Crippen LogP contribution in [0.15, 0.2) is 11.4 Å². The monoisotopic (exact) mass is 563 g/mol. The number of piperidine rings is 1. The van der Waals surface area contributed by atoms with Crippen molar-refractivity contribution in [1.29, 1.82) is 0 Å². The average molecular weight is 564 g/mol. The molecule has 37 heavy (non-hydrogen) atoms. The summed E-state index contributed by atoms with van der Waals surface area (Å²) in [5.41, 5.74) is 3.21. The van der Waals surface area contributed by atoms with E-state index in [-0.39, 0.29) is 17.9 Å². The molecule has 1 fully saturated rings. The number of carbonyl (C=O) groups excluding carboxylic acids is 3. The summed E-state index contributed by atoms with van der Waals surface area (Å²) < 4.78 is 5.52. The van der Waals surface area contributed by atoms with Crippen molar-refractivity contribution in [3.05, 3.63) is 37.5 Å². The van der Waals surface area contributed by atoms with E-state index in [2.05, 4.69) is 15.3 Å². The molecule has 1 atom stereocenters. The van der Waals surface area contributed by atoms with E-state index < -0.39 is 11.5 Å². The van der Waals surface area contributed by atoms with E-state index in [0.29, 0.717) is 39.4 Å². The lowest BCUT2D eigenvalue weighted by Gasteiger charge is -2.33. The van der Waals surface area contributed by atoms with Gasteiger partial charge in [-0.1, -0.05) is 0 Å². The third-order valence-electron chi connectivity index (χ3n) is 5.64. The second kappa shape index (κ2) is 10.9. The van der Waals surface area contributed by atoms with Crippen LogP contribution in [0.5, 0.6) is 0 Å². The molecule has 3 aromatic heterocycles. The van der Waals surface area contributed by atoms with Crippen LogP contribution in [0.4, 0.5) is 9.93 Å². The number of amides is 3. The quantitative estimate of drug-likeness (QED) is 0.278. The lowest BCUT2D eigenvalue weighted by atomic mass is 9.99. The molecule has 1 aliphatic heterocycles. The molecule has 10 nitrogen and oxygen atoms in total. The lowest BCUT2D eigenvalue weighted by molar-refractivity contribution is 0.0198. The Kier molecular flexibility index (Phi) is 7.97. The number of thiazole rings is 2. The molecule has 1 unspecified atom stereocenters. The van der Waals surface area contributed by atoms with Crippen LogP contribution in [0, 0.1) is 13.8 Å². The van der Waals surface area contributed by atoms with Gasteiger partial charge in [-0.2, -0.15) is 0 Å². The van der Waals surface area contributed by atoms with E-state index in [1.807, 2.05) is 33.1 Å². The summed E-state index contributed by atoms with van der Waals surface area (Å²) >= 11 is 3.85. The molecule has 1 saturated heterocycles. The van der Waals surface area contributed by atoms with E-state index >= 15 is 0 Å². The minimum Gasteiger partial charge on any atom is -0.444 e. The first-order valence-corrected chi connectivity index (χ1v) is 14.2. The molecule has 0 radical (unpaired) electrons. The Morgan fingerprint density at radius 2 is 1.92 bits per heavy atom. The zero-order chi connectivity index (χ0) is 26.9. The van der Waals surface area contributed by atoms with Crippen molar-refractivity contribution >= 4 is 57.0 Å². The minimum absolute atomic E-state index is 0.0464. The molecule has 3 N–H and O–H groups in total. The number of anilines is 1. The predicted octanol–water partition coefficient (Wildman–Crippen LogP) is 5.43. The number of likely N-dealkylation sites (tertiary alicyclic amines) is 1. The molecule has 4 rings (SSSR count). The van der Waals surface area contributed by atoms with Gasteiger partial charge in [0, 0.05) is 24.4 Å². The maximum Gasteiger partial charge on any atom is 0.410 e. The van der Waals surface area contributed by atoms with Crippen LogP contribution in [0.1, 0.15) is 75.1 Å². The summed E-state index contributed by atoms with van der Waals surface area (Å²) in [6, 6.07) is 1.68. The molecular weight excluding hydrogens is 534 g/mol. The number of aryl methyl sites for hydroxylation is 2. The third kappa shape index (κ3) is 6.35. The van der Waals surface area contributed by atoms with Crippen LogP contribution in [0.25, 0.3) is 10.6 Å². The van der Waals surface area contributed by atoms with Crippen LogP contribution in [0.3, 0.4) is 0 Å². The molecule has 0 saturated carbocycles. The van der Waals surface area contributed by atoms with Crippen molar-refractivity contribution in [2.45, 2.75) is 59.0 Å². The van der Waals surface area contributed by atoms with Gasteiger partial charge in [-0.15, -0.1) is 34.0 Å². The Labute approximate surface area is 226 Å². The number of hydrogen-bond donors (Lipinski definition) is 3. The Hall–Kier alpha value is -2.87. The number of aromatic nitrogens is 2. The number of nitrogens with zero attached hydrogens (tertiary/aromatic N) is 3. The van der Waals surface area contributed by atoms with Crippen molar-refractivity contribution in [3.8, 4) is 10.6 Å². The SMILES string of the molecule is Cc1cc(C(=O)NO)sc1-c1csc(NC(=O)c2sc(C3CCCN(C(=O)OC(C)(C)C)C3)nc2C)n1. The first-order chi connectivity index (χ1) is 17.4. The van der Waals surface area contributed by atoms with Crippen LogP contribution in [-0.2, 0) is 4.74 Å². The minimum atomic E-state index is -0.577. The average Bonchev–Trinajstić information content (AvgIpc) is 3.56. The van der Waals surface area contributed by atoms with E-state index in [1.165, 1.54) is 34.0 Å². The lowest BCUT2D eigenvalue weighted by Crippen LogP contribution is -2.42. The first kappa shape index (κ1) is 27.2. The van der Waals surface area contributed by atoms with E-state index in [0.717, 1.165) is 28.3 Å². The number of hydroxylamine groups is 1. The fraction of sp³-hybridized carbons (Fsp3) is 0.458. The van der Waals surface area contributed by atoms with Crippen molar-refractivity contribution in [3.63, 3.8) is 0 Å². The third-order valence-corrected chi connectivity index (χ3v) is 8.98. The van der Waals surface area contributed by atoms with Gasteiger partial charge in [0.05, 0.1) is 26.1 Å². The Morgan fingerprint density at radius 1 is 1.16 bits per heavy atom. The highest BCUT2D eigenvalue weighted by molar-refractivity contribution is 7.18. The fourth-order valence-electron chi connectivity index (χ4n) is 3.97. The van der Waals surface area contributed by atoms with Crippen LogP contribution < -0.4 is 10.8 Å². The number of thiophene rings is 1. The molecule has 198 valence electrons. The highest BCUT2D eigenvalue weighted by Crippen LogP contribution is 2.35. The number of carbonyl (C=O) groups is 3.